The zero-order chi connectivity index (χ0) is 13.8. The number of hydrogen-bond acceptors (Lipinski definition) is 4. The van der Waals surface area contributed by atoms with Crippen molar-refractivity contribution in [1.29, 1.82) is 0 Å². The van der Waals surface area contributed by atoms with E-state index in [1.54, 1.807) is 6.92 Å². The second kappa shape index (κ2) is 5.77. The topological polar surface area (TPSA) is 92.2 Å². The number of aliphatic carboxylic acids is 1. The van der Waals surface area contributed by atoms with Gasteiger partial charge in [0.05, 0.1) is 17.8 Å². The van der Waals surface area contributed by atoms with Gasteiger partial charge >= 0.3 is 5.97 Å². The minimum atomic E-state index is -0.783. The number of carbonyl (C=O) groups excluding carboxylic acids is 1. The Kier molecular flexibility index (Phi) is 4.09. The summed E-state index contributed by atoms with van der Waals surface area (Å²) in [5, 5.41) is 11.8. The summed E-state index contributed by atoms with van der Waals surface area (Å²) in [6.45, 7) is 1.80. The van der Waals surface area contributed by atoms with Crippen LogP contribution in [0.25, 0.3) is 0 Å². The third kappa shape index (κ3) is 3.49. The number of nitrogens with one attached hydrogen (secondary N) is 1. The first-order valence-corrected chi connectivity index (χ1v) is 6.38. The van der Waals surface area contributed by atoms with Gasteiger partial charge in [-0.25, -0.2) is 4.98 Å². The van der Waals surface area contributed by atoms with E-state index in [0.29, 0.717) is 12.8 Å². The van der Waals surface area contributed by atoms with Crippen LogP contribution in [0.15, 0.2) is 12.4 Å². The van der Waals surface area contributed by atoms with Crippen molar-refractivity contribution in [3.63, 3.8) is 0 Å². The summed E-state index contributed by atoms with van der Waals surface area (Å²) in [6, 6.07) is -0.0922. The van der Waals surface area contributed by atoms with Crippen LogP contribution in [0, 0.1) is 12.8 Å². The van der Waals surface area contributed by atoms with Crippen molar-refractivity contribution in [1.82, 2.24) is 15.3 Å². The molecule has 1 aliphatic rings. The average Bonchev–Trinajstić information content (AvgIpc) is 2.39. The lowest BCUT2D eigenvalue weighted by molar-refractivity contribution is -0.143. The molecule has 0 saturated heterocycles. The molecule has 0 bridgehead atoms. The van der Waals surface area contributed by atoms with Crippen molar-refractivity contribution in [3.05, 3.63) is 23.8 Å². The first-order valence-electron chi connectivity index (χ1n) is 6.38. The molecule has 6 heteroatoms. The Morgan fingerprint density at radius 3 is 2.74 bits per heavy atom. The average molecular weight is 263 g/mol. The zero-order valence-electron chi connectivity index (χ0n) is 10.8. The molecule has 0 aliphatic heterocycles. The van der Waals surface area contributed by atoms with Crippen LogP contribution in [0.2, 0.25) is 0 Å². The fourth-order valence-corrected chi connectivity index (χ4v) is 2.31. The number of carboxylic acids is 1. The van der Waals surface area contributed by atoms with Gasteiger partial charge in [0.2, 0.25) is 0 Å². The van der Waals surface area contributed by atoms with Crippen LogP contribution < -0.4 is 5.32 Å². The monoisotopic (exact) mass is 263 g/mol. The van der Waals surface area contributed by atoms with Crippen LogP contribution in [0.5, 0.6) is 0 Å². The van der Waals surface area contributed by atoms with Crippen LogP contribution in [-0.2, 0) is 4.79 Å². The number of rotatable bonds is 3. The Hall–Kier alpha value is -1.98. The van der Waals surface area contributed by atoms with Crippen LogP contribution in [0.4, 0.5) is 0 Å². The minimum Gasteiger partial charge on any atom is -0.481 e. The van der Waals surface area contributed by atoms with E-state index in [1.165, 1.54) is 12.4 Å². The van der Waals surface area contributed by atoms with Gasteiger partial charge in [0.25, 0.3) is 5.91 Å². The van der Waals surface area contributed by atoms with Crippen LogP contribution in [0.3, 0.4) is 0 Å². The molecule has 102 valence electrons. The summed E-state index contributed by atoms with van der Waals surface area (Å²) in [6.07, 6.45) is 5.78. The molecule has 6 nitrogen and oxygen atoms in total. The van der Waals surface area contributed by atoms with Crippen molar-refractivity contribution in [2.75, 3.05) is 0 Å². The Bertz CT molecular complexity index is 473. The van der Waals surface area contributed by atoms with Gasteiger partial charge < -0.3 is 10.4 Å². The summed E-state index contributed by atoms with van der Waals surface area (Å²) in [5.41, 5.74) is 1.02. The Balaban J connectivity index is 1.95. The van der Waals surface area contributed by atoms with Crippen molar-refractivity contribution >= 4 is 11.9 Å². The first-order chi connectivity index (χ1) is 9.06. The minimum absolute atomic E-state index is 0.0922. The molecule has 1 amide bonds. The van der Waals surface area contributed by atoms with Gasteiger partial charge in [-0.15, -0.1) is 0 Å². The maximum absolute atomic E-state index is 11.9. The second-order valence-electron chi connectivity index (χ2n) is 4.92. The van der Waals surface area contributed by atoms with Gasteiger partial charge in [-0.3, -0.25) is 14.6 Å². The fourth-order valence-electron chi connectivity index (χ4n) is 2.31. The smallest absolute Gasteiger partial charge is 0.306 e. The van der Waals surface area contributed by atoms with Crippen molar-refractivity contribution in [3.8, 4) is 0 Å². The molecule has 1 aromatic rings. The Labute approximate surface area is 111 Å². The predicted molar refractivity (Wildman–Crippen MR) is 67.6 cm³/mol. The molecule has 2 atom stereocenters. The summed E-state index contributed by atoms with van der Waals surface area (Å²) >= 11 is 0. The lowest BCUT2D eigenvalue weighted by Gasteiger charge is -2.27. The lowest BCUT2D eigenvalue weighted by Crippen LogP contribution is -2.40. The van der Waals surface area contributed by atoms with E-state index in [-0.39, 0.29) is 23.6 Å². The van der Waals surface area contributed by atoms with E-state index in [1.807, 2.05) is 0 Å². The predicted octanol–water partition coefficient (Wildman–Crippen LogP) is 1.16. The van der Waals surface area contributed by atoms with E-state index in [9.17, 15) is 9.59 Å². The quantitative estimate of drug-likeness (QED) is 0.853. The van der Waals surface area contributed by atoms with Crippen LogP contribution in [0.1, 0.15) is 41.9 Å². The highest BCUT2D eigenvalue weighted by Gasteiger charge is 2.28. The highest BCUT2D eigenvalue weighted by molar-refractivity contribution is 5.92. The molecule has 0 radical (unpaired) electrons. The molecule has 2 unspecified atom stereocenters. The molecule has 19 heavy (non-hydrogen) atoms. The van der Waals surface area contributed by atoms with E-state index in [4.69, 9.17) is 5.11 Å². The summed E-state index contributed by atoms with van der Waals surface area (Å²) < 4.78 is 0. The number of hydrogen-bond donors (Lipinski definition) is 2. The maximum Gasteiger partial charge on any atom is 0.306 e. The van der Waals surface area contributed by atoms with Crippen molar-refractivity contribution in [2.45, 2.75) is 38.6 Å². The molecular weight excluding hydrogens is 246 g/mol. The molecule has 1 aliphatic carbocycles. The number of nitrogens with zero attached hydrogens (tertiary/aromatic N) is 2. The lowest BCUT2D eigenvalue weighted by atomic mass is 9.86. The summed E-state index contributed by atoms with van der Waals surface area (Å²) in [4.78, 5) is 30.9. The molecular formula is C13H17N3O3. The zero-order valence-corrected chi connectivity index (χ0v) is 10.8. The largest absolute Gasteiger partial charge is 0.481 e. The van der Waals surface area contributed by atoms with Crippen LogP contribution >= 0.6 is 0 Å². The van der Waals surface area contributed by atoms with Gasteiger partial charge in [-0.05, 0) is 26.2 Å². The second-order valence-corrected chi connectivity index (χ2v) is 4.92. The normalized spacial score (nSPS) is 22.8. The van der Waals surface area contributed by atoms with E-state index < -0.39 is 5.97 Å². The standard InChI is InChI=1S/C13H17N3O3/c1-8-6-15-11(7-14-8)12(17)16-10-4-2-3-9(5-10)13(18)19/h6-7,9-10H,2-5H2,1H3,(H,16,17)(H,18,19). The number of carbonyl (C=O) groups is 2. The first kappa shape index (κ1) is 13.5. The third-order valence-corrected chi connectivity index (χ3v) is 3.37. The highest BCUT2D eigenvalue weighted by Crippen LogP contribution is 2.24. The number of aryl methyl sites for hydroxylation is 1. The highest BCUT2D eigenvalue weighted by atomic mass is 16.4. The molecule has 0 spiro atoms. The molecule has 2 rings (SSSR count). The number of amides is 1. The molecule has 1 saturated carbocycles. The number of aromatic nitrogens is 2. The molecule has 2 N–H and O–H groups in total. The van der Waals surface area contributed by atoms with Gasteiger partial charge in [-0.2, -0.15) is 0 Å². The van der Waals surface area contributed by atoms with Crippen molar-refractivity contribution in [2.24, 2.45) is 5.92 Å². The molecule has 0 aromatic carbocycles. The Morgan fingerprint density at radius 1 is 1.32 bits per heavy atom. The van der Waals surface area contributed by atoms with Gasteiger partial charge in [0, 0.05) is 12.2 Å². The Morgan fingerprint density at radius 2 is 2.11 bits per heavy atom. The van der Waals surface area contributed by atoms with E-state index in [2.05, 4.69) is 15.3 Å². The SMILES string of the molecule is Cc1cnc(C(=O)NC2CCCC(C(=O)O)C2)cn1. The molecule has 1 aromatic heterocycles. The maximum atomic E-state index is 11.9. The fraction of sp³-hybridized carbons (Fsp3) is 0.538. The van der Waals surface area contributed by atoms with E-state index in [0.717, 1.165) is 18.5 Å². The van der Waals surface area contributed by atoms with Crippen molar-refractivity contribution < 1.29 is 14.7 Å². The third-order valence-electron chi connectivity index (χ3n) is 3.37. The van der Waals surface area contributed by atoms with Gasteiger partial charge in [0.1, 0.15) is 5.69 Å². The molecule has 1 fully saturated rings. The summed E-state index contributed by atoms with van der Waals surface area (Å²) in [5.74, 6) is -1.43. The number of carboxylic acid groups (broad SMARTS) is 1. The van der Waals surface area contributed by atoms with Gasteiger partial charge in [0.15, 0.2) is 0 Å². The van der Waals surface area contributed by atoms with Gasteiger partial charge in [-0.1, -0.05) is 6.42 Å². The summed E-state index contributed by atoms with van der Waals surface area (Å²) in [7, 11) is 0. The molecule has 1 heterocycles. The van der Waals surface area contributed by atoms with Crippen LogP contribution in [-0.4, -0.2) is 33.0 Å². The van der Waals surface area contributed by atoms with E-state index >= 15 is 0 Å².